The lowest BCUT2D eigenvalue weighted by Gasteiger charge is -2.37. The van der Waals surface area contributed by atoms with Crippen LogP contribution >= 0.6 is 0 Å². The number of benzene rings is 1. The second kappa shape index (κ2) is 4.66. The minimum absolute atomic E-state index is 0.0362. The third kappa shape index (κ3) is 3.17. The van der Waals surface area contributed by atoms with E-state index in [0.717, 1.165) is 0 Å². The Hall–Kier alpha value is -1.31. The molecule has 5 N–H and O–H groups in total. The Balaban J connectivity index is 2.36. The van der Waals surface area contributed by atoms with Crippen molar-refractivity contribution in [3.8, 4) is 0 Å². The predicted octanol–water partition coefficient (Wildman–Crippen LogP) is 0.267. The number of nitrogens with two attached hydrogens (primary N) is 2. The second-order valence-electron chi connectivity index (χ2n) is 5.26. The molecule has 1 aromatic carbocycles. The smallest absolute Gasteiger partial charge is 0.240 e. The molecule has 19 heavy (non-hydrogen) atoms. The van der Waals surface area contributed by atoms with E-state index in [2.05, 4.69) is 0 Å². The number of piperidine rings is 1. The summed E-state index contributed by atoms with van der Waals surface area (Å²) in [5.74, 6) is 0. The standard InChI is InChI=1S/C12H19N3O3S/c1-12(16)4-6-15(7-5-12)10-3-2-9(13)8-11(10)19(14,17)18/h2-3,8,16H,4-7,13H2,1H3,(H2,14,17,18). The van der Waals surface area contributed by atoms with Gasteiger partial charge in [0.25, 0.3) is 0 Å². The van der Waals surface area contributed by atoms with Crippen molar-refractivity contribution < 1.29 is 13.5 Å². The van der Waals surface area contributed by atoms with E-state index < -0.39 is 15.6 Å². The first-order valence-corrected chi connectivity index (χ1v) is 7.63. The topological polar surface area (TPSA) is 110 Å². The molecule has 0 aliphatic carbocycles. The summed E-state index contributed by atoms with van der Waals surface area (Å²) in [6.07, 6.45) is 1.17. The molecule has 0 bridgehead atoms. The SMILES string of the molecule is CC1(O)CCN(c2ccc(N)cc2S(N)(=O)=O)CC1. The average Bonchev–Trinajstić information content (AvgIpc) is 2.28. The Morgan fingerprint density at radius 2 is 1.89 bits per heavy atom. The molecule has 0 atom stereocenters. The Kier molecular flexibility index (Phi) is 3.46. The van der Waals surface area contributed by atoms with E-state index >= 15 is 0 Å². The minimum atomic E-state index is -3.82. The van der Waals surface area contributed by atoms with Crippen LogP contribution in [0.4, 0.5) is 11.4 Å². The zero-order valence-corrected chi connectivity index (χ0v) is 11.7. The third-order valence-corrected chi connectivity index (χ3v) is 4.41. The van der Waals surface area contributed by atoms with Crippen molar-refractivity contribution in [3.05, 3.63) is 18.2 Å². The van der Waals surface area contributed by atoms with E-state index in [1.54, 1.807) is 19.1 Å². The van der Waals surface area contributed by atoms with Crippen LogP contribution in [-0.4, -0.2) is 32.2 Å². The van der Waals surface area contributed by atoms with Gasteiger partial charge in [-0.1, -0.05) is 0 Å². The van der Waals surface area contributed by atoms with Gasteiger partial charge in [-0.15, -0.1) is 0 Å². The summed E-state index contributed by atoms with van der Waals surface area (Å²) in [6, 6.07) is 4.68. The summed E-state index contributed by atoms with van der Waals surface area (Å²) in [7, 11) is -3.82. The van der Waals surface area contributed by atoms with E-state index in [1.807, 2.05) is 4.90 Å². The fraction of sp³-hybridized carbons (Fsp3) is 0.500. The molecule has 106 valence electrons. The monoisotopic (exact) mass is 285 g/mol. The molecular weight excluding hydrogens is 266 g/mol. The second-order valence-corrected chi connectivity index (χ2v) is 6.79. The van der Waals surface area contributed by atoms with Crippen molar-refractivity contribution in [3.63, 3.8) is 0 Å². The van der Waals surface area contributed by atoms with Crippen LogP contribution < -0.4 is 15.8 Å². The minimum Gasteiger partial charge on any atom is -0.399 e. The number of nitrogen functional groups attached to an aromatic ring is 1. The molecule has 1 aromatic rings. The number of rotatable bonds is 2. The Morgan fingerprint density at radius 1 is 1.32 bits per heavy atom. The molecule has 1 heterocycles. The van der Waals surface area contributed by atoms with E-state index in [0.29, 0.717) is 37.3 Å². The van der Waals surface area contributed by atoms with Crippen LogP contribution in [0.1, 0.15) is 19.8 Å². The largest absolute Gasteiger partial charge is 0.399 e. The van der Waals surface area contributed by atoms with Gasteiger partial charge in [0.2, 0.25) is 10.0 Å². The fourth-order valence-electron chi connectivity index (χ4n) is 2.25. The van der Waals surface area contributed by atoms with Crippen molar-refractivity contribution in [1.29, 1.82) is 0 Å². The zero-order valence-electron chi connectivity index (χ0n) is 10.8. The normalized spacial score (nSPS) is 19.4. The predicted molar refractivity (Wildman–Crippen MR) is 74.3 cm³/mol. The lowest BCUT2D eigenvalue weighted by molar-refractivity contribution is 0.0350. The molecular formula is C12H19N3O3S. The molecule has 1 aliphatic rings. The number of anilines is 2. The Morgan fingerprint density at radius 3 is 2.42 bits per heavy atom. The Labute approximate surface area is 113 Å². The summed E-state index contributed by atoms with van der Waals surface area (Å²) in [5.41, 5.74) is 5.84. The van der Waals surface area contributed by atoms with Gasteiger partial charge in [0, 0.05) is 18.8 Å². The van der Waals surface area contributed by atoms with Crippen LogP contribution in [0, 0.1) is 0 Å². The highest BCUT2D eigenvalue weighted by Crippen LogP contribution is 2.31. The third-order valence-electron chi connectivity index (χ3n) is 3.47. The molecule has 7 heteroatoms. The number of nitrogens with zero attached hydrogens (tertiary/aromatic N) is 1. The highest BCUT2D eigenvalue weighted by Gasteiger charge is 2.29. The van der Waals surface area contributed by atoms with Gasteiger partial charge < -0.3 is 15.7 Å². The number of primary sulfonamides is 1. The number of sulfonamides is 1. The van der Waals surface area contributed by atoms with Gasteiger partial charge in [-0.2, -0.15) is 0 Å². The van der Waals surface area contributed by atoms with Gasteiger partial charge in [-0.3, -0.25) is 0 Å². The van der Waals surface area contributed by atoms with E-state index in [1.165, 1.54) is 6.07 Å². The first kappa shape index (κ1) is 14.1. The molecule has 1 fully saturated rings. The summed E-state index contributed by atoms with van der Waals surface area (Å²) >= 11 is 0. The molecule has 0 radical (unpaired) electrons. The summed E-state index contributed by atoms with van der Waals surface area (Å²) < 4.78 is 23.2. The van der Waals surface area contributed by atoms with Crippen molar-refractivity contribution >= 4 is 21.4 Å². The lowest BCUT2D eigenvalue weighted by atomic mass is 9.93. The van der Waals surface area contributed by atoms with Crippen LogP contribution in [0.3, 0.4) is 0 Å². The van der Waals surface area contributed by atoms with Crippen molar-refractivity contribution in [2.24, 2.45) is 5.14 Å². The maximum atomic E-state index is 11.6. The molecule has 6 nitrogen and oxygen atoms in total. The molecule has 2 rings (SSSR count). The van der Waals surface area contributed by atoms with Gasteiger partial charge in [-0.25, -0.2) is 13.6 Å². The van der Waals surface area contributed by atoms with Crippen molar-refractivity contribution in [2.75, 3.05) is 23.7 Å². The molecule has 1 saturated heterocycles. The Bertz CT molecular complexity index is 574. The van der Waals surface area contributed by atoms with Gasteiger partial charge in [0.1, 0.15) is 4.90 Å². The maximum Gasteiger partial charge on any atom is 0.240 e. The number of aliphatic hydroxyl groups is 1. The summed E-state index contributed by atoms with van der Waals surface area (Å²) in [4.78, 5) is 1.95. The molecule has 0 spiro atoms. The lowest BCUT2D eigenvalue weighted by Crippen LogP contribution is -2.43. The summed E-state index contributed by atoms with van der Waals surface area (Å²) in [5, 5.41) is 15.1. The van der Waals surface area contributed by atoms with Crippen LogP contribution in [0.25, 0.3) is 0 Å². The van der Waals surface area contributed by atoms with Crippen LogP contribution in [0.15, 0.2) is 23.1 Å². The highest BCUT2D eigenvalue weighted by atomic mass is 32.2. The molecule has 1 aliphatic heterocycles. The average molecular weight is 285 g/mol. The number of hydrogen-bond donors (Lipinski definition) is 3. The van der Waals surface area contributed by atoms with E-state index in [4.69, 9.17) is 10.9 Å². The van der Waals surface area contributed by atoms with Gasteiger partial charge in [0.15, 0.2) is 0 Å². The fourth-order valence-corrected chi connectivity index (χ4v) is 3.04. The first-order valence-electron chi connectivity index (χ1n) is 6.09. The van der Waals surface area contributed by atoms with E-state index in [9.17, 15) is 13.5 Å². The van der Waals surface area contributed by atoms with Gasteiger partial charge in [0.05, 0.1) is 11.3 Å². The summed E-state index contributed by atoms with van der Waals surface area (Å²) in [6.45, 7) is 2.95. The molecule has 0 saturated carbocycles. The molecule has 0 amide bonds. The van der Waals surface area contributed by atoms with Crippen molar-refractivity contribution in [1.82, 2.24) is 0 Å². The quantitative estimate of drug-likeness (QED) is 0.676. The first-order chi connectivity index (χ1) is 8.69. The van der Waals surface area contributed by atoms with Gasteiger partial charge >= 0.3 is 0 Å². The van der Waals surface area contributed by atoms with E-state index in [-0.39, 0.29) is 4.90 Å². The van der Waals surface area contributed by atoms with Crippen molar-refractivity contribution in [2.45, 2.75) is 30.3 Å². The maximum absolute atomic E-state index is 11.6. The number of hydrogen-bond acceptors (Lipinski definition) is 5. The molecule has 0 aromatic heterocycles. The molecule has 0 unspecified atom stereocenters. The van der Waals surface area contributed by atoms with Crippen LogP contribution in [0.5, 0.6) is 0 Å². The van der Waals surface area contributed by atoms with Crippen LogP contribution in [0.2, 0.25) is 0 Å². The van der Waals surface area contributed by atoms with Gasteiger partial charge in [-0.05, 0) is 38.0 Å². The zero-order chi connectivity index (χ0) is 14.3. The van der Waals surface area contributed by atoms with Crippen LogP contribution in [-0.2, 0) is 10.0 Å². The highest BCUT2D eigenvalue weighted by molar-refractivity contribution is 7.89.